The van der Waals surface area contributed by atoms with E-state index in [2.05, 4.69) is 10.1 Å². The Hall–Kier alpha value is -3.47. The van der Waals surface area contributed by atoms with E-state index in [0.717, 1.165) is 0 Å². The van der Waals surface area contributed by atoms with Gasteiger partial charge in [0.2, 0.25) is 0 Å². The van der Waals surface area contributed by atoms with E-state index in [0.29, 0.717) is 5.69 Å². The van der Waals surface area contributed by atoms with Crippen LogP contribution in [0.4, 0.5) is 14.5 Å². The first-order valence-corrected chi connectivity index (χ1v) is 7.46. The summed E-state index contributed by atoms with van der Waals surface area (Å²) in [6.45, 7) is -1.59. The topological polar surface area (TPSA) is 88.4 Å². The van der Waals surface area contributed by atoms with Gasteiger partial charge in [-0.25, -0.2) is 4.79 Å². The fourth-order valence-electron chi connectivity index (χ4n) is 1.98. The van der Waals surface area contributed by atoms with Crippen molar-refractivity contribution in [1.29, 1.82) is 5.26 Å². The third-order valence-electron chi connectivity index (χ3n) is 3.27. The van der Waals surface area contributed by atoms with E-state index in [-0.39, 0.29) is 16.9 Å². The number of esters is 1. The van der Waals surface area contributed by atoms with Crippen LogP contribution in [0.3, 0.4) is 0 Å². The number of carbonyl (C=O) groups is 2. The number of ether oxygens (including phenoxy) is 2. The van der Waals surface area contributed by atoms with Gasteiger partial charge in [-0.15, -0.1) is 0 Å². The van der Waals surface area contributed by atoms with E-state index in [4.69, 9.17) is 10.00 Å². The van der Waals surface area contributed by atoms with E-state index in [1.807, 2.05) is 6.07 Å². The van der Waals surface area contributed by atoms with Gasteiger partial charge in [-0.1, -0.05) is 12.1 Å². The number of hydrogen-bond donors (Lipinski definition) is 1. The Bertz CT molecular complexity index is 832. The summed E-state index contributed by atoms with van der Waals surface area (Å²) in [5, 5.41) is 11.5. The maximum Gasteiger partial charge on any atom is 0.387 e. The van der Waals surface area contributed by atoms with Crippen LogP contribution in [0.5, 0.6) is 5.75 Å². The molecule has 0 saturated heterocycles. The number of nitriles is 1. The molecule has 2 aromatic rings. The number of nitrogens with zero attached hydrogens (tertiary/aromatic N) is 1. The zero-order chi connectivity index (χ0) is 19.1. The minimum Gasteiger partial charge on any atom is -0.449 e. The molecule has 0 unspecified atom stereocenters. The molecule has 2 rings (SSSR count). The van der Waals surface area contributed by atoms with Crippen molar-refractivity contribution in [2.24, 2.45) is 0 Å². The van der Waals surface area contributed by atoms with Gasteiger partial charge in [-0.2, -0.15) is 14.0 Å². The fourth-order valence-corrected chi connectivity index (χ4v) is 1.98. The first-order chi connectivity index (χ1) is 12.4. The second-order valence-electron chi connectivity index (χ2n) is 5.10. The van der Waals surface area contributed by atoms with Gasteiger partial charge < -0.3 is 14.8 Å². The number of rotatable bonds is 6. The summed E-state index contributed by atoms with van der Waals surface area (Å²) < 4.78 is 33.4. The third kappa shape index (κ3) is 5.01. The lowest BCUT2D eigenvalue weighted by molar-refractivity contribution is -0.123. The molecule has 26 heavy (non-hydrogen) atoms. The lowest BCUT2D eigenvalue weighted by Gasteiger charge is -2.14. The SMILES string of the molecule is C[C@H](OC(=O)c1ccc(OC(F)F)cc1)C(=O)Nc1ccccc1C#N. The highest BCUT2D eigenvalue weighted by Gasteiger charge is 2.20. The molecule has 0 aromatic heterocycles. The highest BCUT2D eigenvalue weighted by atomic mass is 19.3. The fraction of sp³-hybridized carbons (Fsp3) is 0.167. The molecule has 0 aliphatic carbocycles. The van der Waals surface area contributed by atoms with E-state index >= 15 is 0 Å². The van der Waals surface area contributed by atoms with Crippen molar-refractivity contribution in [2.45, 2.75) is 19.6 Å². The number of hydrogen-bond acceptors (Lipinski definition) is 5. The summed E-state index contributed by atoms with van der Waals surface area (Å²) in [4.78, 5) is 24.1. The first-order valence-electron chi connectivity index (χ1n) is 7.46. The molecule has 6 nitrogen and oxygen atoms in total. The highest BCUT2D eigenvalue weighted by Crippen LogP contribution is 2.17. The van der Waals surface area contributed by atoms with Gasteiger partial charge in [0.25, 0.3) is 5.91 Å². The molecule has 8 heteroatoms. The summed E-state index contributed by atoms with van der Waals surface area (Å²) in [7, 11) is 0. The molecular weight excluding hydrogens is 346 g/mol. The molecule has 0 radical (unpaired) electrons. The molecule has 0 aliphatic rings. The van der Waals surface area contributed by atoms with Crippen molar-refractivity contribution in [3.8, 4) is 11.8 Å². The molecule has 0 fully saturated rings. The molecule has 1 N–H and O–H groups in total. The van der Waals surface area contributed by atoms with E-state index in [1.54, 1.807) is 18.2 Å². The smallest absolute Gasteiger partial charge is 0.387 e. The van der Waals surface area contributed by atoms with Gasteiger partial charge in [-0.05, 0) is 43.3 Å². The second kappa shape index (κ2) is 8.58. The molecule has 0 heterocycles. The molecule has 0 spiro atoms. The van der Waals surface area contributed by atoms with Crippen molar-refractivity contribution in [3.63, 3.8) is 0 Å². The number of carbonyl (C=O) groups excluding carboxylic acids is 2. The Balaban J connectivity index is 1.97. The van der Waals surface area contributed by atoms with Gasteiger partial charge in [0.05, 0.1) is 16.8 Å². The maximum atomic E-state index is 12.1. The second-order valence-corrected chi connectivity index (χ2v) is 5.10. The summed E-state index contributed by atoms with van der Waals surface area (Å²) >= 11 is 0. The molecule has 134 valence electrons. The number of anilines is 1. The van der Waals surface area contributed by atoms with Crippen LogP contribution in [0, 0.1) is 11.3 Å². The van der Waals surface area contributed by atoms with Crippen LogP contribution in [0.25, 0.3) is 0 Å². The Labute approximate surface area is 148 Å². The molecule has 1 amide bonds. The minimum absolute atomic E-state index is 0.0729. The van der Waals surface area contributed by atoms with Crippen LogP contribution in [-0.2, 0) is 9.53 Å². The predicted molar refractivity (Wildman–Crippen MR) is 87.7 cm³/mol. The minimum atomic E-state index is -2.96. The van der Waals surface area contributed by atoms with Crippen molar-refractivity contribution in [1.82, 2.24) is 0 Å². The van der Waals surface area contributed by atoms with Gasteiger partial charge in [0.15, 0.2) is 6.10 Å². The molecule has 2 aromatic carbocycles. The summed E-state index contributed by atoms with van der Waals surface area (Å²) in [5.41, 5.74) is 0.647. The monoisotopic (exact) mass is 360 g/mol. The predicted octanol–water partition coefficient (Wildman–Crippen LogP) is 3.34. The molecule has 0 aliphatic heterocycles. The standard InChI is InChI=1S/C18H14F2N2O4/c1-11(16(23)22-15-5-3-2-4-13(15)10-21)25-17(24)12-6-8-14(9-7-12)26-18(19)20/h2-9,11,18H,1H3,(H,22,23)/t11-/m0/s1. The van der Waals surface area contributed by atoms with Crippen LogP contribution in [0.2, 0.25) is 0 Å². The average molecular weight is 360 g/mol. The Kier molecular flexibility index (Phi) is 6.22. The van der Waals surface area contributed by atoms with Gasteiger partial charge in [0, 0.05) is 0 Å². The van der Waals surface area contributed by atoms with Crippen molar-refractivity contribution in [3.05, 3.63) is 59.7 Å². The summed E-state index contributed by atoms with van der Waals surface area (Å²) in [5.74, 6) is -1.51. The first kappa shape index (κ1) is 18.9. The van der Waals surface area contributed by atoms with Crippen LogP contribution < -0.4 is 10.1 Å². The quantitative estimate of drug-likeness (QED) is 0.798. The zero-order valence-electron chi connectivity index (χ0n) is 13.6. The van der Waals surface area contributed by atoms with Crippen molar-refractivity contribution < 1.29 is 27.8 Å². The van der Waals surface area contributed by atoms with E-state index in [9.17, 15) is 18.4 Å². The molecular formula is C18H14F2N2O4. The van der Waals surface area contributed by atoms with Gasteiger partial charge in [-0.3, -0.25) is 4.79 Å². The Morgan fingerprint density at radius 2 is 1.77 bits per heavy atom. The Morgan fingerprint density at radius 3 is 2.38 bits per heavy atom. The highest BCUT2D eigenvalue weighted by molar-refractivity contribution is 5.98. The van der Waals surface area contributed by atoms with Crippen molar-refractivity contribution >= 4 is 17.6 Å². The third-order valence-corrected chi connectivity index (χ3v) is 3.27. The van der Waals surface area contributed by atoms with Crippen LogP contribution >= 0.6 is 0 Å². The lowest BCUT2D eigenvalue weighted by atomic mass is 10.2. The van der Waals surface area contributed by atoms with Crippen LogP contribution in [-0.4, -0.2) is 24.6 Å². The largest absolute Gasteiger partial charge is 0.449 e. The normalized spacial score (nSPS) is 11.3. The summed E-state index contributed by atoms with van der Waals surface area (Å²) in [6.07, 6.45) is -1.13. The number of nitrogens with one attached hydrogen (secondary N) is 1. The Morgan fingerprint density at radius 1 is 1.12 bits per heavy atom. The van der Waals surface area contributed by atoms with E-state index in [1.165, 1.54) is 37.3 Å². The molecule has 0 saturated carbocycles. The van der Waals surface area contributed by atoms with Crippen LogP contribution in [0.1, 0.15) is 22.8 Å². The molecule has 0 bridgehead atoms. The van der Waals surface area contributed by atoms with Gasteiger partial charge in [0.1, 0.15) is 11.8 Å². The van der Waals surface area contributed by atoms with Crippen LogP contribution in [0.15, 0.2) is 48.5 Å². The number of benzene rings is 2. The zero-order valence-corrected chi connectivity index (χ0v) is 13.6. The van der Waals surface area contributed by atoms with E-state index < -0.39 is 24.6 Å². The van der Waals surface area contributed by atoms with Crippen molar-refractivity contribution in [2.75, 3.05) is 5.32 Å². The maximum absolute atomic E-state index is 12.1. The number of para-hydroxylation sites is 1. The van der Waals surface area contributed by atoms with Gasteiger partial charge >= 0.3 is 12.6 Å². The number of halogens is 2. The summed E-state index contributed by atoms with van der Waals surface area (Å²) in [6, 6.07) is 13.2. The molecule has 1 atom stereocenters. The lowest BCUT2D eigenvalue weighted by Crippen LogP contribution is -2.30. The number of alkyl halides is 2. The average Bonchev–Trinajstić information content (AvgIpc) is 2.62. The number of amides is 1.